The van der Waals surface area contributed by atoms with E-state index in [2.05, 4.69) is 19.2 Å². The Kier molecular flexibility index (Phi) is 4.94. The van der Waals surface area contributed by atoms with E-state index >= 15 is 0 Å². The lowest BCUT2D eigenvalue weighted by molar-refractivity contribution is 0.102. The van der Waals surface area contributed by atoms with E-state index in [0.717, 1.165) is 29.9 Å². The van der Waals surface area contributed by atoms with E-state index in [1.54, 1.807) is 12.1 Å². The van der Waals surface area contributed by atoms with E-state index in [9.17, 15) is 9.18 Å². The third kappa shape index (κ3) is 3.67. The number of carbonyl (C=O) groups is 1. The van der Waals surface area contributed by atoms with Gasteiger partial charge in [-0.15, -0.1) is 0 Å². The van der Waals surface area contributed by atoms with Gasteiger partial charge in [0.1, 0.15) is 5.82 Å². The molecule has 2 aromatic carbocycles. The number of carbonyl (C=O) groups excluding carboxylic acids is 1. The zero-order chi connectivity index (χ0) is 19.8. The van der Waals surface area contributed by atoms with Crippen molar-refractivity contribution in [2.24, 2.45) is 0 Å². The number of nitrogens with zero attached hydrogens (tertiary/aromatic N) is 2. The van der Waals surface area contributed by atoms with E-state index < -0.39 is 0 Å². The fourth-order valence-electron chi connectivity index (χ4n) is 3.36. The topological polar surface area (TPSA) is 46.9 Å². The van der Waals surface area contributed by atoms with Crippen LogP contribution in [0.1, 0.15) is 60.3 Å². The van der Waals surface area contributed by atoms with E-state index in [1.165, 1.54) is 12.1 Å². The van der Waals surface area contributed by atoms with Crippen LogP contribution in [0.4, 0.5) is 10.1 Å². The number of nitrogens with one attached hydrogen (secondary N) is 1. The quantitative estimate of drug-likeness (QED) is 0.581. The average Bonchev–Trinajstić information content (AvgIpc) is 3.43. The molecule has 6 heteroatoms. The molecule has 0 saturated heterocycles. The van der Waals surface area contributed by atoms with Crippen molar-refractivity contribution < 1.29 is 9.18 Å². The molecule has 1 amide bonds. The van der Waals surface area contributed by atoms with Crippen LogP contribution in [-0.4, -0.2) is 15.7 Å². The molecule has 1 fully saturated rings. The Hall–Kier alpha value is -2.66. The predicted molar refractivity (Wildman–Crippen MR) is 109 cm³/mol. The molecule has 144 valence electrons. The summed E-state index contributed by atoms with van der Waals surface area (Å²) in [6.07, 6.45) is 2.07. The first kappa shape index (κ1) is 18.7. The van der Waals surface area contributed by atoms with Crippen LogP contribution >= 0.6 is 11.6 Å². The molecule has 1 aromatic heterocycles. The third-order valence-corrected chi connectivity index (χ3v) is 5.11. The molecule has 0 unspecified atom stereocenters. The van der Waals surface area contributed by atoms with Gasteiger partial charge in [-0.05, 0) is 67.3 Å². The minimum absolute atomic E-state index is 0.0876. The van der Waals surface area contributed by atoms with Crippen molar-refractivity contribution in [2.45, 2.75) is 38.5 Å². The van der Waals surface area contributed by atoms with Crippen LogP contribution in [0.5, 0.6) is 0 Å². The maximum Gasteiger partial charge on any atom is 0.259 e. The van der Waals surface area contributed by atoms with E-state index in [1.807, 2.05) is 28.9 Å². The first-order valence-corrected chi connectivity index (χ1v) is 9.77. The molecule has 28 heavy (non-hydrogen) atoms. The molecule has 1 heterocycles. The fourth-order valence-corrected chi connectivity index (χ4v) is 3.49. The zero-order valence-corrected chi connectivity index (χ0v) is 16.5. The molecule has 1 saturated carbocycles. The van der Waals surface area contributed by atoms with Gasteiger partial charge in [-0.25, -0.2) is 9.07 Å². The molecule has 1 aliphatic rings. The Morgan fingerprint density at radius 1 is 1.14 bits per heavy atom. The zero-order valence-electron chi connectivity index (χ0n) is 15.7. The second-order valence-electron chi connectivity index (χ2n) is 7.42. The van der Waals surface area contributed by atoms with E-state index in [-0.39, 0.29) is 17.6 Å². The molecule has 0 bridgehead atoms. The number of benzene rings is 2. The lowest BCUT2D eigenvalue weighted by atomic mass is 10.0. The molecule has 0 spiro atoms. The fraction of sp³-hybridized carbons (Fsp3) is 0.273. The Labute approximate surface area is 168 Å². The Balaban J connectivity index is 1.79. The van der Waals surface area contributed by atoms with Crippen LogP contribution < -0.4 is 5.32 Å². The van der Waals surface area contributed by atoms with Gasteiger partial charge in [0.2, 0.25) is 0 Å². The molecule has 0 atom stereocenters. The second-order valence-corrected chi connectivity index (χ2v) is 7.86. The van der Waals surface area contributed by atoms with Crippen molar-refractivity contribution in [3.8, 4) is 5.69 Å². The third-order valence-electron chi connectivity index (χ3n) is 4.86. The van der Waals surface area contributed by atoms with Gasteiger partial charge in [-0.2, -0.15) is 5.10 Å². The van der Waals surface area contributed by atoms with Gasteiger partial charge in [-0.3, -0.25) is 4.79 Å². The highest BCUT2D eigenvalue weighted by Gasteiger charge is 2.35. The lowest BCUT2D eigenvalue weighted by Crippen LogP contribution is -2.16. The largest absolute Gasteiger partial charge is 0.322 e. The van der Waals surface area contributed by atoms with Crippen molar-refractivity contribution in [1.29, 1.82) is 0 Å². The standard InChI is InChI=1S/C22H21ClFN3O/c1-13(2)21-19(22(28)25-17-9-7-16(24)8-10-17)20(14-3-4-14)26-27(21)18-11-5-15(23)6-12-18/h5-14H,3-4H2,1-2H3,(H,25,28). The minimum Gasteiger partial charge on any atom is -0.322 e. The van der Waals surface area contributed by atoms with Crippen LogP contribution in [0, 0.1) is 5.82 Å². The molecule has 4 rings (SSSR count). The van der Waals surface area contributed by atoms with Crippen LogP contribution in [-0.2, 0) is 0 Å². The van der Waals surface area contributed by atoms with Crippen LogP contribution in [0.3, 0.4) is 0 Å². The van der Waals surface area contributed by atoms with Gasteiger partial charge in [0.15, 0.2) is 0 Å². The lowest BCUT2D eigenvalue weighted by Gasteiger charge is -2.13. The van der Waals surface area contributed by atoms with Crippen molar-refractivity contribution >= 4 is 23.2 Å². The number of hydrogen-bond acceptors (Lipinski definition) is 2. The van der Waals surface area contributed by atoms with Crippen LogP contribution in [0.2, 0.25) is 5.02 Å². The maximum atomic E-state index is 13.2. The summed E-state index contributed by atoms with van der Waals surface area (Å²) in [4.78, 5) is 13.2. The molecule has 1 aliphatic carbocycles. The minimum atomic E-state index is -0.338. The Morgan fingerprint density at radius 2 is 1.79 bits per heavy atom. The summed E-state index contributed by atoms with van der Waals surface area (Å²) in [7, 11) is 0. The van der Waals surface area contributed by atoms with Crippen molar-refractivity contribution in [1.82, 2.24) is 9.78 Å². The SMILES string of the molecule is CC(C)c1c(C(=O)Nc2ccc(F)cc2)c(C2CC2)nn1-c1ccc(Cl)cc1. The van der Waals surface area contributed by atoms with Gasteiger partial charge in [0.05, 0.1) is 22.6 Å². The van der Waals surface area contributed by atoms with Gasteiger partial charge in [-0.1, -0.05) is 25.4 Å². The molecule has 4 nitrogen and oxygen atoms in total. The summed E-state index contributed by atoms with van der Waals surface area (Å²) in [6.45, 7) is 4.10. The Bertz CT molecular complexity index is 1010. The maximum absolute atomic E-state index is 13.2. The summed E-state index contributed by atoms with van der Waals surface area (Å²) >= 11 is 6.03. The second kappa shape index (κ2) is 7.40. The highest BCUT2D eigenvalue weighted by atomic mass is 35.5. The molecular weight excluding hydrogens is 377 g/mol. The summed E-state index contributed by atoms with van der Waals surface area (Å²) < 4.78 is 15.0. The monoisotopic (exact) mass is 397 g/mol. The van der Waals surface area contributed by atoms with Crippen LogP contribution in [0.15, 0.2) is 48.5 Å². The normalized spacial score (nSPS) is 13.8. The number of halogens is 2. The first-order valence-electron chi connectivity index (χ1n) is 9.39. The molecule has 0 aliphatic heterocycles. The molecule has 3 aromatic rings. The molecule has 1 N–H and O–H groups in total. The number of amides is 1. The van der Waals surface area contributed by atoms with Crippen molar-refractivity contribution in [3.63, 3.8) is 0 Å². The predicted octanol–water partition coefficient (Wildman–Crippen LogP) is 5.92. The number of rotatable bonds is 5. The summed E-state index contributed by atoms with van der Waals surface area (Å²) in [6, 6.07) is 13.2. The number of hydrogen-bond donors (Lipinski definition) is 1. The van der Waals surface area contributed by atoms with Gasteiger partial charge >= 0.3 is 0 Å². The van der Waals surface area contributed by atoms with Gasteiger partial charge in [0.25, 0.3) is 5.91 Å². The first-order chi connectivity index (χ1) is 13.4. The van der Waals surface area contributed by atoms with E-state index in [4.69, 9.17) is 16.7 Å². The van der Waals surface area contributed by atoms with E-state index in [0.29, 0.717) is 22.2 Å². The highest BCUT2D eigenvalue weighted by molar-refractivity contribution is 6.30. The smallest absolute Gasteiger partial charge is 0.259 e. The van der Waals surface area contributed by atoms with Crippen molar-refractivity contribution in [3.05, 3.63) is 76.3 Å². The van der Waals surface area contributed by atoms with Gasteiger partial charge < -0.3 is 5.32 Å². The van der Waals surface area contributed by atoms with Gasteiger partial charge in [0, 0.05) is 16.6 Å². The average molecular weight is 398 g/mol. The number of anilines is 1. The summed E-state index contributed by atoms with van der Waals surface area (Å²) in [5, 5.41) is 8.37. The molecule has 0 radical (unpaired) electrons. The summed E-state index contributed by atoms with van der Waals surface area (Å²) in [5.41, 5.74) is 3.75. The van der Waals surface area contributed by atoms with Crippen molar-refractivity contribution in [2.75, 3.05) is 5.32 Å². The number of aromatic nitrogens is 2. The Morgan fingerprint density at radius 3 is 2.36 bits per heavy atom. The highest BCUT2D eigenvalue weighted by Crippen LogP contribution is 2.43. The molecular formula is C22H21ClFN3O. The van der Waals surface area contributed by atoms with Crippen LogP contribution in [0.25, 0.3) is 5.69 Å². The summed E-state index contributed by atoms with van der Waals surface area (Å²) in [5.74, 6) is -0.155.